The molecule has 0 bridgehead atoms. The molecule has 0 unspecified atom stereocenters. The van der Waals surface area contributed by atoms with Crippen LogP contribution in [0.15, 0.2) is 66.8 Å². The monoisotopic (exact) mass is 408 g/mol. The summed E-state index contributed by atoms with van der Waals surface area (Å²) in [5.41, 5.74) is 1.97. The van der Waals surface area contributed by atoms with E-state index < -0.39 is 0 Å². The quantitative estimate of drug-likeness (QED) is 0.275. The van der Waals surface area contributed by atoms with E-state index in [4.69, 9.17) is 18.9 Å². The van der Waals surface area contributed by atoms with Gasteiger partial charge in [0.05, 0.1) is 20.4 Å². The van der Waals surface area contributed by atoms with E-state index in [9.17, 15) is 0 Å². The summed E-state index contributed by atoms with van der Waals surface area (Å²) in [5.74, 6) is 2.58. The summed E-state index contributed by atoms with van der Waals surface area (Å²) in [6.45, 7) is 4.46. The smallest absolute Gasteiger partial charge is 0.161 e. The largest absolute Gasteiger partial charge is 0.493 e. The molecule has 8 heteroatoms. The van der Waals surface area contributed by atoms with E-state index in [0.717, 1.165) is 17.5 Å². The highest BCUT2D eigenvalue weighted by atomic mass is 16.5. The molecule has 156 valence electrons. The second kappa shape index (κ2) is 10.7. The molecule has 0 amide bonds. The number of ether oxygens (including phenoxy) is 4. The van der Waals surface area contributed by atoms with Gasteiger partial charge in [0.1, 0.15) is 25.9 Å². The number of methoxy groups -OCH3 is 2. The fourth-order valence-electron chi connectivity index (χ4n) is 2.70. The van der Waals surface area contributed by atoms with Crippen LogP contribution in [-0.2, 0) is 6.42 Å². The Balaban J connectivity index is 1.56. The standard InChI is InChI=1S/C22H24N4O4/c1-4-5-17-6-8-19(21(12-17)27-2)29-10-11-30-20-9-7-18(13-22(20)28-3)14-25-26-15-23-24-16-26/h4,6-9,12-16H,1,5,10-11H2,2-3H3/b25-14+. The molecule has 0 aliphatic carbocycles. The fourth-order valence-corrected chi connectivity index (χ4v) is 2.70. The van der Waals surface area contributed by atoms with Crippen LogP contribution in [0, 0.1) is 0 Å². The molecule has 0 saturated heterocycles. The normalized spacial score (nSPS) is 10.7. The van der Waals surface area contributed by atoms with Gasteiger partial charge in [-0.05, 0) is 47.9 Å². The van der Waals surface area contributed by atoms with Crippen LogP contribution in [0.2, 0.25) is 0 Å². The number of hydrogen-bond donors (Lipinski definition) is 0. The first-order valence-electron chi connectivity index (χ1n) is 9.34. The van der Waals surface area contributed by atoms with Gasteiger partial charge < -0.3 is 18.9 Å². The topological polar surface area (TPSA) is 80.0 Å². The maximum absolute atomic E-state index is 5.82. The van der Waals surface area contributed by atoms with Crippen molar-refractivity contribution in [2.45, 2.75) is 6.42 Å². The molecule has 8 nitrogen and oxygen atoms in total. The van der Waals surface area contributed by atoms with Crippen LogP contribution in [0.3, 0.4) is 0 Å². The summed E-state index contributed by atoms with van der Waals surface area (Å²) >= 11 is 0. The van der Waals surface area contributed by atoms with Crippen LogP contribution in [-0.4, -0.2) is 48.5 Å². The Bertz CT molecular complexity index is 987. The maximum Gasteiger partial charge on any atom is 0.161 e. The molecular weight excluding hydrogens is 384 g/mol. The van der Waals surface area contributed by atoms with E-state index >= 15 is 0 Å². The first-order valence-corrected chi connectivity index (χ1v) is 9.34. The minimum absolute atomic E-state index is 0.349. The van der Waals surface area contributed by atoms with Gasteiger partial charge in [-0.1, -0.05) is 12.1 Å². The van der Waals surface area contributed by atoms with Crippen molar-refractivity contribution < 1.29 is 18.9 Å². The predicted octanol–water partition coefficient (Wildman–Crippen LogP) is 3.36. The van der Waals surface area contributed by atoms with E-state index in [0.29, 0.717) is 36.2 Å². The highest BCUT2D eigenvalue weighted by Gasteiger charge is 2.08. The van der Waals surface area contributed by atoms with E-state index in [1.807, 2.05) is 42.5 Å². The molecule has 3 rings (SSSR count). The van der Waals surface area contributed by atoms with E-state index in [-0.39, 0.29) is 0 Å². The molecule has 0 aliphatic heterocycles. The number of benzene rings is 2. The van der Waals surface area contributed by atoms with Gasteiger partial charge in [0, 0.05) is 0 Å². The molecule has 0 aliphatic rings. The number of aromatic nitrogens is 3. The summed E-state index contributed by atoms with van der Waals surface area (Å²) in [6, 6.07) is 11.4. The molecular formula is C22H24N4O4. The van der Waals surface area contributed by atoms with Gasteiger partial charge in [0.2, 0.25) is 0 Å². The van der Waals surface area contributed by atoms with Crippen molar-refractivity contribution in [1.29, 1.82) is 0 Å². The van der Waals surface area contributed by atoms with Gasteiger partial charge in [-0.2, -0.15) is 5.10 Å². The Labute approximate surface area is 175 Å². The average molecular weight is 408 g/mol. The Morgan fingerprint density at radius 2 is 1.53 bits per heavy atom. The number of rotatable bonds is 11. The van der Waals surface area contributed by atoms with Crippen molar-refractivity contribution in [2.24, 2.45) is 5.10 Å². The lowest BCUT2D eigenvalue weighted by atomic mass is 10.1. The number of allylic oxidation sites excluding steroid dienone is 1. The summed E-state index contributed by atoms with van der Waals surface area (Å²) in [7, 11) is 3.21. The molecule has 3 aromatic rings. The predicted molar refractivity (Wildman–Crippen MR) is 114 cm³/mol. The molecule has 0 spiro atoms. The molecule has 0 N–H and O–H groups in total. The molecule has 30 heavy (non-hydrogen) atoms. The van der Waals surface area contributed by atoms with Crippen molar-refractivity contribution in [3.8, 4) is 23.0 Å². The van der Waals surface area contributed by atoms with Crippen molar-refractivity contribution in [3.63, 3.8) is 0 Å². The summed E-state index contributed by atoms with van der Waals surface area (Å²) in [4.78, 5) is 0. The van der Waals surface area contributed by atoms with Gasteiger partial charge in [0.25, 0.3) is 0 Å². The Kier molecular flexibility index (Phi) is 7.43. The van der Waals surface area contributed by atoms with Gasteiger partial charge in [-0.15, -0.1) is 16.8 Å². The Hall–Kier alpha value is -3.81. The lowest BCUT2D eigenvalue weighted by Crippen LogP contribution is -2.10. The van der Waals surface area contributed by atoms with Crippen LogP contribution >= 0.6 is 0 Å². The van der Waals surface area contributed by atoms with Crippen LogP contribution in [0.25, 0.3) is 0 Å². The molecule has 2 aromatic carbocycles. The summed E-state index contributed by atoms with van der Waals surface area (Å²) < 4.78 is 24.0. The van der Waals surface area contributed by atoms with E-state index in [1.165, 1.54) is 17.3 Å². The highest BCUT2D eigenvalue weighted by Crippen LogP contribution is 2.29. The third-order valence-corrected chi connectivity index (χ3v) is 4.14. The van der Waals surface area contributed by atoms with Gasteiger partial charge in [0.15, 0.2) is 23.0 Å². The number of hydrogen-bond acceptors (Lipinski definition) is 7. The molecule has 1 aromatic heterocycles. The van der Waals surface area contributed by atoms with Gasteiger partial charge in [-0.25, -0.2) is 4.68 Å². The average Bonchev–Trinajstić information content (AvgIpc) is 3.30. The third kappa shape index (κ3) is 5.60. The van der Waals surface area contributed by atoms with Gasteiger partial charge >= 0.3 is 0 Å². The molecule has 0 saturated carbocycles. The Morgan fingerprint density at radius 1 is 0.900 bits per heavy atom. The zero-order chi connectivity index (χ0) is 21.2. The fraction of sp³-hybridized carbons (Fsp3) is 0.227. The second-order valence-corrected chi connectivity index (χ2v) is 6.17. The SMILES string of the molecule is C=CCc1ccc(OCCOc2ccc(/C=N/n3cnnc3)cc2OC)c(OC)c1. The second-order valence-electron chi connectivity index (χ2n) is 6.17. The third-order valence-electron chi connectivity index (χ3n) is 4.14. The summed E-state index contributed by atoms with van der Waals surface area (Å²) in [5, 5.41) is 11.6. The zero-order valence-electron chi connectivity index (χ0n) is 17.0. The number of nitrogens with zero attached hydrogens (tertiary/aromatic N) is 4. The summed E-state index contributed by atoms with van der Waals surface area (Å²) in [6.07, 6.45) is 7.32. The minimum Gasteiger partial charge on any atom is -0.493 e. The lowest BCUT2D eigenvalue weighted by Gasteiger charge is -2.14. The molecule has 0 fully saturated rings. The van der Waals surface area contributed by atoms with Crippen LogP contribution < -0.4 is 18.9 Å². The van der Waals surface area contributed by atoms with Crippen molar-refractivity contribution in [2.75, 3.05) is 27.4 Å². The van der Waals surface area contributed by atoms with Crippen molar-refractivity contribution in [3.05, 3.63) is 72.8 Å². The van der Waals surface area contributed by atoms with Crippen LogP contribution in [0.1, 0.15) is 11.1 Å². The molecule has 0 atom stereocenters. The first kappa shape index (κ1) is 20.9. The van der Waals surface area contributed by atoms with E-state index in [1.54, 1.807) is 20.4 Å². The van der Waals surface area contributed by atoms with Crippen molar-refractivity contribution in [1.82, 2.24) is 14.9 Å². The minimum atomic E-state index is 0.349. The molecule has 0 radical (unpaired) electrons. The Morgan fingerprint density at radius 3 is 2.17 bits per heavy atom. The van der Waals surface area contributed by atoms with Crippen molar-refractivity contribution >= 4 is 6.21 Å². The maximum atomic E-state index is 5.82. The lowest BCUT2D eigenvalue weighted by molar-refractivity contribution is 0.206. The van der Waals surface area contributed by atoms with E-state index in [2.05, 4.69) is 21.9 Å². The first-order chi connectivity index (χ1) is 14.7. The molecule has 1 heterocycles. The van der Waals surface area contributed by atoms with Crippen LogP contribution in [0.5, 0.6) is 23.0 Å². The van der Waals surface area contributed by atoms with Crippen LogP contribution in [0.4, 0.5) is 0 Å². The highest BCUT2D eigenvalue weighted by molar-refractivity contribution is 5.80. The van der Waals surface area contributed by atoms with Gasteiger partial charge in [-0.3, -0.25) is 0 Å². The zero-order valence-corrected chi connectivity index (χ0v) is 17.0.